The molecule has 1 N–H and O–H groups in total. The van der Waals surface area contributed by atoms with Crippen LogP contribution in [-0.4, -0.2) is 27.3 Å². The zero-order valence-corrected chi connectivity index (χ0v) is 16.5. The molecule has 4 aromatic rings. The molecule has 4 heterocycles. The van der Waals surface area contributed by atoms with Gasteiger partial charge in [-0.15, -0.1) is 0 Å². The Hall–Kier alpha value is -3.88. The lowest BCUT2D eigenvalue weighted by atomic mass is 9.77. The maximum atomic E-state index is 13.4. The van der Waals surface area contributed by atoms with Crippen molar-refractivity contribution in [3.63, 3.8) is 0 Å². The third kappa shape index (κ3) is 2.50. The van der Waals surface area contributed by atoms with E-state index in [9.17, 15) is 18.0 Å². The van der Waals surface area contributed by atoms with E-state index < -0.39 is 17.2 Å². The average molecular weight is 436 g/mol. The summed E-state index contributed by atoms with van der Waals surface area (Å²) in [6.45, 7) is 0.0100. The fourth-order valence-electron chi connectivity index (χ4n) is 4.64. The highest BCUT2D eigenvalue weighted by molar-refractivity contribution is 6.10. The second kappa shape index (κ2) is 6.32. The van der Waals surface area contributed by atoms with E-state index in [1.165, 1.54) is 16.9 Å². The van der Waals surface area contributed by atoms with Gasteiger partial charge in [-0.25, -0.2) is 0 Å². The quantitative estimate of drug-likeness (QED) is 0.513. The highest BCUT2D eigenvalue weighted by atomic mass is 19.4. The van der Waals surface area contributed by atoms with Crippen molar-refractivity contribution in [2.75, 3.05) is 11.9 Å². The molecule has 1 spiro atoms. The van der Waals surface area contributed by atoms with E-state index in [0.717, 1.165) is 22.9 Å². The summed E-state index contributed by atoms with van der Waals surface area (Å²) in [7, 11) is 0. The molecule has 2 aliphatic rings. The molecule has 9 heteroatoms. The second-order valence-corrected chi connectivity index (χ2v) is 7.90. The van der Waals surface area contributed by atoms with Gasteiger partial charge < -0.3 is 10.1 Å². The van der Waals surface area contributed by atoms with E-state index in [1.807, 2.05) is 30.3 Å². The largest absolute Gasteiger partial charge is 0.491 e. The van der Waals surface area contributed by atoms with Gasteiger partial charge in [0.25, 0.3) is 0 Å². The zero-order chi connectivity index (χ0) is 22.1. The van der Waals surface area contributed by atoms with Crippen LogP contribution in [0.1, 0.15) is 22.4 Å². The van der Waals surface area contributed by atoms with Crippen molar-refractivity contribution in [2.45, 2.75) is 18.1 Å². The van der Waals surface area contributed by atoms with Gasteiger partial charge in [0, 0.05) is 28.9 Å². The molecule has 0 unspecified atom stereocenters. The van der Waals surface area contributed by atoms with Crippen molar-refractivity contribution in [2.24, 2.45) is 0 Å². The molecule has 0 radical (unpaired) electrons. The minimum absolute atomic E-state index is 0.119. The topological polar surface area (TPSA) is 69.0 Å². The fraction of sp³-hybridized carbons (Fsp3) is 0.174. The molecule has 160 valence electrons. The number of pyridine rings is 1. The fourth-order valence-corrected chi connectivity index (χ4v) is 4.64. The maximum Gasteiger partial charge on any atom is 0.418 e. The number of carbonyl (C=O) groups excluding carboxylic acids is 1. The van der Waals surface area contributed by atoms with Gasteiger partial charge in [-0.2, -0.15) is 18.3 Å². The molecule has 6 nitrogen and oxygen atoms in total. The van der Waals surface area contributed by atoms with Crippen LogP contribution in [-0.2, 0) is 22.9 Å². The molecule has 0 saturated carbocycles. The van der Waals surface area contributed by atoms with Gasteiger partial charge in [-0.05, 0) is 29.8 Å². The molecule has 32 heavy (non-hydrogen) atoms. The van der Waals surface area contributed by atoms with Crippen LogP contribution in [0.5, 0.6) is 5.75 Å². The monoisotopic (exact) mass is 436 g/mol. The van der Waals surface area contributed by atoms with Gasteiger partial charge in [-0.3, -0.25) is 14.5 Å². The molecule has 0 saturated heterocycles. The first-order valence-corrected chi connectivity index (χ1v) is 9.93. The van der Waals surface area contributed by atoms with E-state index in [2.05, 4.69) is 15.4 Å². The molecule has 2 aromatic heterocycles. The first-order valence-electron chi connectivity index (χ1n) is 9.93. The Labute approximate surface area is 179 Å². The molecule has 2 aromatic carbocycles. The number of amides is 1. The number of aromatic nitrogens is 3. The van der Waals surface area contributed by atoms with Crippen LogP contribution in [0.3, 0.4) is 0 Å². The second-order valence-electron chi connectivity index (χ2n) is 7.90. The molecule has 0 bridgehead atoms. The van der Waals surface area contributed by atoms with Crippen molar-refractivity contribution in [1.82, 2.24) is 14.8 Å². The minimum atomic E-state index is -4.51. The van der Waals surface area contributed by atoms with Crippen molar-refractivity contribution >= 4 is 22.5 Å². The molecular formula is C23H15F3N4O2. The third-order valence-corrected chi connectivity index (χ3v) is 6.16. The van der Waals surface area contributed by atoms with Gasteiger partial charge >= 0.3 is 6.18 Å². The van der Waals surface area contributed by atoms with Gasteiger partial charge in [-0.1, -0.05) is 18.2 Å². The van der Waals surface area contributed by atoms with E-state index in [-0.39, 0.29) is 24.8 Å². The number of carbonyl (C=O) groups is 1. The molecule has 1 amide bonds. The molecule has 2 aliphatic heterocycles. The number of halogens is 3. The number of hydrogen-bond acceptors (Lipinski definition) is 4. The predicted molar refractivity (Wildman–Crippen MR) is 109 cm³/mol. The van der Waals surface area contributed by atoms with Crippen LogP contribution >= 0.6 is 0 Å². The maximum absolute atomic E-state index is 13.4. The van der Waals surface area contributed by atoms with Crippen LogP contribution in [0.25, 0.3) is 10.9 Å². The van der Waals surface area contributed by atoms with Crippen molar-refractivity contribution in [3.8, 4) is 5.75 Å². The number of anilines is 1. The van der Waals surface area contributed by atoms with Crippen LogP contribution in [0, 0.1) is 0 Å². The van der Waals surface area contributed by atoms with Gasteiger partial charge in [0.1, 0.15) is 17.8 Å². The Bertz CT molecular complexity index is 1410. The van der Waals surface area contributed by atoms with E-state index in [4.69, 9.17) is 4.74 Å². The average Bonchev–Trinajstić information content (AvgIpc) is 3.42. The van der Waals surface area contributed by atoms with Crippen LogP contribution in [0.4, 0.5) is 18.9 Å². The van der Waals surface area contributed by atoms with Gasteiger partial charge in [0.2, 0.25) is 5.91 Å². The lowest BCUT2D eigenvalue weighted by molar-refractivity contribution is -0.138. The number of para-hydroxylation sites is 1. The Morgan fingerprint density at radius 2 is 1.97 bits per heavy atom. The molecule has 0 fully saturated rings. The summed E-state index contributed by atoms with van der Waals surface area (Å²) in [4.78, 5) is 16.9. The summed E-state index contributed by atoms with van der Waals surface area (Å²) >= 11 is 0. The normalized spacial score (nSPS) is 19.2. The summed E-state index contributed by atoms with van der Waals surface area (Å²) in [6.07, 6.45) is -1.60. The number of benzene rings is 2. The summed E-state index contributed by atoms with van der Waals surface area (Å²) in [5, 5.41) is 7.91. The SMILES string of the molecule is O=C1Nc2ccccc2[C@@]12COc1cc3c(cnn3Cc3ncccc3C(F)(F)F)cc12. The summed E-state index contributed by atoms with van der Waals surface area (Å²) in [5.41, 5.74) is 1.06. The lowest BCUT2D eigenvalue weighted by Crippen LogP contribution is -2.37. The number of nitrogens with one attached hydrogen (secondary N) is 1. The Balaban J connectivity index is 1.46. The zero-order valence-electron chi connectivity index (χ0n) is 16.5. The highest BCUT2D eigenvalue weighted by Gasteiger charge is 2.53. The summed E-state index contributed by atoms with van der Waals surface area (Å²) < 4.78 is 47.5. The van der Waals surface area contributed by atoms with Gasteiger partial charge in [0.15, 0.2) is 0 Å². The molecule has 6 rings (SSSR count). The van der Waals surface area contributed by atoms with Crippen LogP contribution in [0.15, 0.2) is 60.9 Å². The van der Waals surface area contributed by atoms with Gasteiger partial charge in [0.05, 0.1) is 29.5 Å². The van der Waals surface area contributed by atoms with E-state index >= 15 is 0 Å². The first kappa shape index (κ1) is 18.9. The predicted octanol–water partition coefficient (Wildman–Crippen LogP) is 4.13. The Kier molecular flexibility index (Phi) is 3.72. The summed E-state index contributed by atoms with van der Waals surface area (Å²) in [6, 6.07) is 13.3. The smallest absolute Gasteiger partial charge is 0.418 e. The van der Waals surface area contributed by atoms with Crippen LogP contribution in [0.2, 0.25) is 0 Å². The molecule has 1 atom stereocenters. The minimum Gasteiger partial charge on any atom is -0.491 e. The Morgan fingerprint density at radius 3 is 2.81 bits per heavy atom. The standard InChI is InChI=1S/C23H15F3N4O2/c24-23(25,26)15-5-3-7-27-18(15)11-30-19-9-20-16(8-13(19)10-28-30)22(12-32-20)14-4-1-2-6-17(14)29-21(22)31/h1-10H,11-12H2,(H,29,31)/t22-/m1/s1. The number of rotatable bonds is 2. The van der Waals surface area contributed by atoms with Crippen molar-refractivity contribution in [1.29, 1.82) is 0 Å². The van der Waals surface area contributed by atoms with E-state index in [1.54, 1.807) is 12.3 Å². The lowest BCUT2D eigenvalue weighted by Gasteiger charge is -2.20. The first-order chi connectivity index (χ1) is 15.4. The third-order valence-electron chi connectivity index (χ3n) is 6.16. The number of ether oxygens (including phenoxy) is 1. The van der Waals surface area contributed by atoms with Crippen molar-refractivity contribution < 1.29 is 22.7 Å². The Morgan fingerprint density at radius 1 is 1.12 bits per heavy atom. The molecular weight excluding hydrogens is 421 g/mol. The van der Waals surface area contributed by atoms with Crippen LogP contribution < -0.4 is 10.1 Å². The number of nitrogens with zero attached hydrogens (tertiary/aromatic N) is 3. The number of fused-ring (bicyclic) bond motifs is 5. The summed E-state index contributed by atoms with van der Waals surface area (Å²) in [5.74, 6) is 0.357. The molecule has 0 aliphatic carbocycles. The number of hydrogen-bond donors (Lipinski definition) is 1. The van der Waals surface area contributed by atoms with Crippen molar-refractivity contribution in [3.05, 3.63) is 83.3 Å². The number of alkyl halides is 3. The highest BCUT2D eigenvalue weighted by Crippen LogP contribution is 2.50. The van der Waals surface area contributed by atoms with E-state index in [0.29, 0.717) is 16.7 Å².